The van der Waals surface area contributed by atoms with Crippen LogP contribution in [0.25, 0.3) is 0 Å². The molecule has 246 valence electrons. The topological polar surface area (TPSA) is 178 Å². The lowest BCUT2D eigenvalue weighted by Gasteiger charge is -2.35. The normalized spacial score (nSPS) is 19.7. The van der Waals surface area contributed by atoms with Gasteiger partial charge < -0.3 is 34.1 Å². The summed E-state index contributed by atoms with van der Waals surface area (Å²) in [6, 6.07) is 13.1. The maximum Gasteiger partial charge on any atom is 0.421 e. The fourth-order valence-electron chi connectivity index (χ4n) is 4.62. The van der Waals surface area contributed by atoms with Gasteiger partial charge in [-0.05, 0) is 36.4 Å². The molecule has 2 fully saturated rings. The molecule has 17 heteroatoms. The zero-order chi connectivity index (χ0) is 33.1. The molecule has 0 radical (unpaired) electrons. The Bertz CT molecular complexity index is 1490. The van der Waals surface area contributed by atoms with Crippen molar-refractivity contribution >= 4 is 46.9 Å². The standard InChI is InChI=1S/C25H28Cl2N6O5.C4H4O4/c1-35-24(34)30-32-10-8-31(9-11-32)19-3-5-20(6-4-19)36-13-21-14-37-25(38-21,15-33-17-28-16-29-33)22-7-2-18(26)12-23(22)27;5-3(6)1-2-4(7)8/h2-7,12,16-17,21H,8-11,13-15H2,1H3,(H,30,34);1-2H,(H,5,6)(H,7,8)/b;2-1+/t21-,25-;/m1./s1. The number of carbonyl (C=O) groups is 3. The van der Waals surface area contributed by atoms with Gasteiger partial charge in [0.25, 0.3) is 0 Å². The molecule has 0 saturated carbocycles. The molecule has 0 spiro atoms. The van der Waals surface area contributed by atoms with Crippen molar-refractivity contribution in [2.45, 2.75) is 18.4 Å². The summed E-state index contributed by atoms with van der Waals surface area (Å²) in [5, 5.41) is 22.6. The van der Waals surface area contributed by atoms with Gasteiger partial charge in [-0.25, -0.2) is 29.1 Å². The third-order valence-electron chi connectivity index (χ3n) is 6.76. The van der Waals surface area contributed by atoms with Crippen LogP contribution >= 0.6 is 23.2 Å². The summed E-state index contributed by atoms with van der Waals surface area (Å²) < 4.78 is 24.9. The number of carboxylic acids is 2. The molecule has 15 nitrogen and oxygen atoms in total. The summed E-state index contributed by atoms with van der Waals surface area (Å²) in [7, 11) is 1.35. The number of methoxy groups -OCH3 is 1. The fourth-order valence-corrected chi connectivity index (χ4v) is 5.17. The van der Waals surface area contributed by atoms with Crippen LogP contribution < -0.4 is 15.1 Å². The second-order valence-electron chi connectivity index (χ2n) is 9.91. The molecule has 2 atom stereocenters. The van der Waals surface area contributed by atoms with Gasteiger partial charge in [0.15, 0.2) is 0 Å². The van der Waals surface area contributed by atoms with Crippen molar-refractivity contribution in [3.05, 3.63) is 82.9 Å². The number of halogens is 2. The van der Waals surface area contributed by atoms with E-state index >= 15 is 0 Å². The molecule has 0 bridgehead atoms. The highest BCUT2D eigenvalue weighted by molar-refractivity contribution is 6.35. The van der Waals surface area contributed by atoms with E-state index in [0.29, 0.717) is 54.1 Å². The van der Waals surface area contributed by atoms with Crippen molar-refractivity contribution in [1.82, 2.24) is 25.2 Å². The monoisotopic (exact) mass is 678 g/mol. The van der Waals surface area contributed by atoms with Crippen LogP contribution in [0.4, 0.5) is 10.5 Å². The number of aromatic nitrogens is 3. The first kappa shape index (κ1) is 34.5. The molecule has 3 N–H and O–H groups in total. The average Bonchev–Trinajstić information content (AvgIpc) is 3.70. The summed E-state index contributed by atoms with van der Waals surface area (Å²) in [4.78, 5) is 36.8. The number of hydrogen-bond donors (Lipinski definition) is 3. The summed E-state index contributed by atoms with van der Waals surface area (Å²) in [6.07, 6.45) is 3.38. The Kier molecular flexibility index (Phi) is 12.2. The van der Waals surface area contributed by atoms with Gasteiger partial charge in [-0.1, -0.05) is 29.3 Å². The van der Waals surface area contributed by atoms with Gasteiger partial charge in [-0.2, -0.15) is 5.10 Å². The van der Waals surface area contributed by atoms with Crippen LogP contribution in [0.2, 0.25) is 10.0 Å². The number of aliphatic carboxylic acids is 2. The Balaban J connectivity index is 0.000000533. The van der Waals surface area contributed by atoms with Gasteiger partial charge in [-0.3, -0.25) is 5.43 Å². The van der Waals surface area contributed by atoms with Crippen LogP contribution in [0.5, 0.6) is 5.75 Å². The average molecular weight is 680 g/mol. The number of carbonyl (C=O) groups excluding carboxylic acids is 1. The van der Waals surface area contributed by atoms with E-state index in [1.807, 2.05) is 29.3 Å². The molecule has 0 aliphatic carbocycles. The Morgan fingerprint density at radius 2 is 1.76 bits per heavy atom. The van der Waals surface area contributed by atoms with Crippen LogP contribution in [0.1, 0.15) is 5.56 Å². The number of carboxylic acid groups (broad SMARTS) is 2. The predicted octanol–water partition coefficient (Wildman–Crippen LogP) is 3.04. The third kappa shape index (κ3) is 9.79. The summed E-state index contributed by atoms with van der Waals surface area (Å²) in [6.45, 7) is 3.82. The maximum absolute atomic E-state index is 11.4. The minimum Gasteiger partial charge on any atom is -0.491 e. The minimum absolute atomic E-state index is 0.266. The molecule has 3 heterocycles. The molecule has 2 aliphatic rings. The lowest BCUT2D eigenvalue weighted by Crippen LogP contribution is -2.53. The molecular weight excluding hydrogens is 647 g/mol. The van der Waals surface area contributed by atoms with Crippen molar-refractivity contribution in [3.63, 3.8) is 0 Å². The van der Waals surface area contributed by atoms with E-state index in [1.165, 1.54) is 13.4 Å². The van der Waals surface area contributed by atoms with Gasteiger partial charge in [-0.15, -0.1) is 0 Å². The first-order valence-electron chi connectivity index (χ1n) is 13.9. The van der Waals surface area contributed by atoms with Crippen LogP contribution in [0.3, 0.4) is 0 Å². The van der Waals surface area contributed by atoms with Gasteiger partial charge in [0.1, 0.15) is 37.7 Å². The summed E-state index contributed by atoms with van der Waals surface area (Å²) >= 11 is 12.6. The highest BCUT2D eigenvalue weighted by Crippen LogP contribution is 2.40. The van der Waals surface area contributed by atoms with Gasteiger partial charge >= 0.3 is 18.0 Å². The highest BCUT2D eigenvalue weighted by atomic mass is 35.5. The van der Waals surface area contributed by atoms with Crippen molar-refractivity contribution in [2.24, 2.45) is 0 Å². The molecule has 2 aromatic carbocycles. The number of anilines is 1. The Morgan fingerprint density at radius 3 is 2.35 bits per heavy atom. The second kappa shape index (κ2) is 16.2. The molecule has 0 unspecified atom stereocenters. The van der Waals surface area contributed by atoms with E-state index in [9.17, 15) is 14.4 Å². The number of rotatable bonds is 10. The number of hydrazine groups is 1. The molecule has 3 aromatic rings. The third-order valence-corrected chi connectivity index (χ3v) is 7.31. The number of amides is 1. The molecule has 46 heavy (non-hydrogen) atoms. The lowest BCUT2D eigenvalue weighted by atomic mass is 10.1. The lowest BCUT2D eigenvalue weighted by molar-refractivity contribution is -0.190. The molecule has 1 aromatic heterocycles. The largest absolute Gasteiger partial charge is 0.491 e. The van der Waals surface area contributed by atoms with E-state index in [0.717, 1.165) is 24.5 Å². The van der Waals surface area contributed by atoms with Crippen molar-refractivity contribution < 1.29 is 43.5 Å². The van der Waals surface area contributed by atoms with Crippen LogP contribution in [0.15, 0.2) is 67.3 Å². The first-order chi connectivity index (χ1) is 22.1. The SMILES string of the molecule is COC(=O)NN1CCN(c2ccc(OC[C@@H]3CO[C@@](Cn4cncn4)(c4ccc(Cl)cc4Cl)O3)cc2)CC1.O=C(O)/C=C/C(=O)O. The van der Waals surface area contributed by atoms with Gasteiger partial charge in [0, 0.05) is 54.6 Å². The zero-order valence-electron chi connectivity index (χ0n) is 24.6. The summed E-state index contributed by atoms with van der Waals surface area (Å²) in [5.74, 6) is -2.94. The Hall–Kier alpha value is -4.41. The first-order valence-corrected chi connectivity index (χ1v) is 14.6. The molecule has 5 rings (SSSR count). The molecule has 2 saturated heterocycles. The molecular formula is C29H32Cl2N6O9. The Labute approximate surface area is 273 Å². The quantitative estimate of drug-likeness (QED) is 0.267. The van der Waals surface area contributed by atoms with Crippen molar-refractivity contribution in [2.75, 3.05) is 51.4 Å². The van der Waals surface area contributed by atoms with E-state index in [1.54, 1.807) is 29.2 Å². The summed E-state index contributed by atoms with van der Waals surface area (Å²) in [5.41, 5.74) is 4.45. The number of piperazine rings is 1. The van der Waals surface area contributed by atoms with Crippen LogP contribution in [-0.4, -0.2) is 101 Å². The van der Waals surface area contributed by atoms with Crippen LogP contribution in [0, 0.1) is 0 Å². The molecule has 2 aliphatic heterocycles. The van der Waals surface area contributed by atoms with E-state index in [2.05, 4.69) is 25.1 Å². The minimum atomic E-state index is -1.26. The maximum atomic E-state index is 11.4. The number of ether oxygens (including phenoxy) is 4. The number of nitrogens with one attached hydrogen (secondary N) is 1. The van der Waals surface area contributed by atoms with E-state index in [4.69, 9.17) is 47.6 Å². The predicted molar refractivity (Wildman–Crippen MR) is 165 cm³/mol. The van der Waals surface area contributed by atoms with E-state index in [-0.39, 0.29) is 12.6 Å². The van der Waals surface area contributed by atoms with Crippen LogP contribution in [-0.2, 0) is 36.1 Å². The number of hydrogen-bond acceptors (Lipinski definition) is 11. The fraction of sp³-hybridized carbons (Fsp3) is 0.345. The number of nitrogens with zero attached hydrogens (tertiary/aromatic N) is 5. The van der Waals surface area contributed by atoms with E-state index < -0.39 is 23.8 Å². The second-order valence-corrected chi connectivity index (χ2v) is 10.8. The van der Waals surface area contributed by atoms with Crippen molar-refractivity contribution in [1.29, 1.82) is 0 Å². The highest BCUT2D eigenvalue weighted by Gasteiger charge is 2.45. The molecule has 1 amide bonds. The zero-order valence-corrected chi connectivity index (χ0v) is 26.1. The smallest absolute Gasteiger partial charge is 0.421 e. The number of benzene rings is 2. The van der Waals surface area contributed by atoms with Gasteiger partial charge in [0.05, 0.1) is 18.7 Å². The van der Waals surface area contributed by atoms with Crippen molar-refractivity contribution in [3.8, 4) is 5.75 Å². The van der Waals surface area contributed by atoms with Gasteiger partial charge in [0.2, 0.25) is 5.79 Å². The Morgan fingerprint density at radius 1 is 1.07 bits per heavy atom.